The number of benzene rings is 1. The van der Waals surface area contributed by atoms with Crippen molar-refractivity contribution in [2.24, 2.45) is 13.0 Å². The third-order valence-corrected chi connectivity index (χ3v) is 8.25. The molecule has 1 saturated heterocycles. The Hall–Kier alpha value is -2.85. The summed E-state index contributed by atoms with van der Waals surface area (Å²) < 4.78 is 40.5. The van der Waals surface area contributed by atoms with Crippen LogP contribution in [0.5, 0.6) is 5.75 Å². The molecule has 0 bridgehead atoms. The van der Waals surface area contributed by atoms with Crippen LogP contribution in [0.4, 0.5) is 5.69 Å². The molecule has 0 saturated carbocycles. The van der Waals surface area contributed by atoms with Crippen LogP contribution in [0.1, 0.15) is 41.5 Å². The van der Waals surface area contributed by atoms with Crippen LogP contribution in [0, 0.1) is 19.8 Å². The van der Waals surface area contributed by atoms with Gasteiger partial charge in [0.1, 0.15) is 16.2 Å². The molecule has 9 nitrogen and oxygen atoms in total. The molecular weight excluding hydrogens is 446 g/mol. The fraction of sp³-hybridized carbons (Fsp3) is 0.478. The van der Waals surface area contributed by atoms with Crippen molar-refractivity contribution in [3.8, 4) is 5.75 Å². The summed E-state index contributed by atoms with van der Waals surface area (Å²) in [5, 5.41) is 2.88. The zero-order chi connectivity index (χ0) is 24.3. The van der Waals surface area contributed by atoms with Crippen LogP contribution in [-0.4, -0.2) is 56.0 Å². The molecule has 1 aromatic carbocycles. The first-order valence-electron chi connectivity index (χ1n) is 10.9. The standard InChI is InChI=1S/C23H31N3O6S/c1-6-32-23(28)20-15(2)25(4)16(3)21(20)33(29,30)26-13-11-17(12-14-26)22(27)24-18-9-7-8-10-19(18)31-5/h7-10,17H,6,11-14H2,1-5H3,(H,24,27). The summed E-state index contributed by atoms with van der Waals surface area (Å²) in [7, 11) is -0.690. The van der Waals surface area contributed by atoms with Gasteiger partial charge in [-0.25, -0.2) is 13.2 Å². The molecule has 180 valence electrons. The summed E-state index contributed by atoms with van der Waals surface area (Å²) in [6.45, 7) is 5.57. The number of esters is 1. The van der Waals surface area contributed by atoms with Crippen molar-refractivity contribution in [2.45, 2.75) is 38.5 Å². The molecule has 10 heteroatoms. The fourth-order valence-electron chi connectivity index (χ4n) is 4.15. The first-order chi connectivity index (χ1) is 15.6. The molecule has 3 rings (SSSR count). The second kappa shape index (κ2) is 9.96. The molecule has 1 fully saturated rings. The van der Waals surface area contributed by atoms with Crippen molar-refractivity contribution < 1.29 is 27.5 Å². The Morgan fingerprint density at radius 3 is 2.36 bits per heavy atom. The number of aromatic nitrogens is 1. The number of ether oxygens (including phenoxy) is 2. The number of anilines is 1. The van der Waals surface area contributed by atoms with Gasteiger partial charge in [0.15, 0.2) is 0 Å². The van der Waals surface area contributed by atoms with Gasteiger partial charge >= 0.3 is 5.97 Å². The minimum absolute atomic E-state index is 0.0159. The predicted octanol–water partition coefficient (Wildman–Crippen LogP) is 2.87. The van der Waals surface area contributed by atoms with Crippen molar-refractivity contribution in [3.05, 3.63) is 41.2 Å². The highest BCUT2D eigenvalue weighted by Crippen LogP contribution is 2.32. The summed E-state index contributed by atoms with van der Waals surface area (Å²) >= 11 is 0. The SMILES string of the molecule is CCOC(=O)c1c(S(=O)(=O)N2CCC(C(=O)Nc3ccccc3OC)CC2)c(C)n(C)c1C. The molecule has 2 aromatic rings. The summed E-state index contributed by atoms with van der Waals surface area (Å²) in [4.78, 5) is 25.3. The Balaban J connectivity index is 1.78. The topological polar surface area (TPSA) is 107 Å². The second-order valence-corrected chi connectivity index (χ2v) is 9.90. The molecule has 1 N–H and O–H groups in total. The Bertz CT molecular complexity index is 1150. The van der Waals surface area contributed by atoms with Crippen molar-refractivity contribution in [2.75, 3.05) is 32.1 Å². The number of amides is 1. The number of para-hydroxylation sites is 2. The number of carbonyl (C=O) groups excluding carboxylic acids is 2. The molecule has 0 atom stereocenters. The van der Waals surface area contributed by atoms with E-state index in [1.807, 2.05) is 6.07 Å². The number of piperidine rings is 1. The third kappa shape index (κ3) is 4.77. The number of sulfonamides is 1. The molecule has 33 heavy (non-hydrogen) atoms. The van der Waals surface area contributed by atoms with Crippen LogP contribution in [0.25, 0.3) is 0 Å². The number of nitrogens with zero attached hydrogens (tertiary/aromatic N) is 2. The van der Waals surface area contributed by atoms with Crippen molar-refractivity contribution in [3.63, 3.8) is 0 Å². The lowest BCUT2D eigenvalue weighted by Crippen LogP contribution is -2.42. The number of hydrogen-bond acceptors (Lipinski definition) is 6. The molecule has 0 unspecified atom stereocenters. The smallest absolute Gasteiger partial charge is 0.341 e. The van der Waals surface area contributed by atoms with E-state index >= 15 is 0 Å². The molecule has 1 amide bonds. The van der Waals surface area contributed by atoms with E-state index in [1.54, 1.807) is 50.6 Å². The first-order valence-corrected chi connectivity index (χ1v) is 12.3. The van der Waals surface area contributed by atoms with E-state index in [1.165, 1.54) is 11.4 Å². The number of nitrogens with one attached hydrogen (secondary N) is 1. The fourth-order valence-corrected chi connectivity index (χ4v) is 6.10. The van der Waals surface area contributed by atoms with Gasteiger partial charge < -0.3 is 19.4 Å². The maximum absolute atomic E-state index is 13.5. The minimum Gasteiger partial charge on any atom is -0.495 e. The highest BCUT2D eigenvalue weighted by Gasteiger charge is 2.38. The van der Waals surface area contributed by atoms with Crippen LogP contribution >= 0.6 is 0 Å². The third-order valence-electron chi connectivity index (χ3n) is 6.19. The molecule has 2 heterocycles. The lowest BCUT2D eigenvalue weighted by Gasteiger charge is -2.31. The minimum atomic E-state index is -3.95. The normalized spacial score (nSPS) is 15.3. The van der Waals surface area contributed by atoms with Crippen LogP contribution in [0.15, 0.2) is 29.2 Å². The van der Waals surface area contributed by atoms with E-state index in [-0.39, 0.29) is 42.0 Å². The quantitative estimate of drug-likeness (QED) is 0.615. The number of carbonyl (C=O) groups is 2. The van der Waals surface area contributed by atoms with Crippen molar-refractivity contribution in [1.29, 1.82) is 0 Å². The first kappa shape index (κ1) is 24.8. The van der Waals surface area contributed by atoms with Gasteiger partial charge in [-0.1, -0.05) is 12.1 Å². The average Bonchev–Trinajstić information content (AvgIpc) is 3.04. The van der Waals surface area contributed by atoms with E-state index in [9.17, 15) is 18.0 Å². The zero-order valence-corrected chi connectivity index (χ0v) is 20.5. The van der Waals surface area contributed by atoms with E-state index in [0.29, 0.717) is 35.7 Å². The van der Waals surface area contributed by atoms with Gasteiger partial charge in [-0.2, -0.15) is 4.31 Å². The van der Waals surface area contributed by atoms with Crippen molar-refractivity contribution in [1.82, 2.24) is 8.87 Å². The summed E-state index contributed by atoms with van der Waals surface area (Å²) in [5.74, 6) is -0.587. The van der Waals surface area contributed by atoms with Gasteiger partial charge in [0.05, 0.1) is 19.4 Å². The van der Waals surface area contributed by atoms with Crippen molar-refractivity contribution >= 4 is 27.6 Å². The molecule has 1 aromatic heterocycles. The van der Waals surface area contributed by atoms with Gasteiger partial charge in [-0.05, 0) is 45.7 Å². The van der Waals surface area contributed by atoms with Gasteiger partial charge in [0.25, 0.3) is 0 Å². The number of hydrogen-bond donors (Lipinski definition) is 1. The molecule has 0 radical (unpaired) electrons. The number of methoxy groups -OCH3 is 1. The number of rotatable bonds is 7. The summed E-state index contributed by atoms with van der Waals surface area (Å²) in [6, 6.07) is 7.14. The Labute approximate surface area is 194 Å². The monoisotopic (exact) mass is 477 g/mol. The van der Waals surface area contributed by atoms with E-state index in [0.717, 1.165) is 0 Å². The molecule has 0 spiro atoms. The molecule has 1 aliphatic heterocycles. The lowest BCUT2D eigenvalue weighted by atomic mass is 9.97. The van der Waals surface area contributed by atoms with Crippen LogP contribution in [0.3, 0.4) is 0 Å². The Morgan fingerprint density at radius 2 is 1.76 bits per heavy atom. The average molecular weight is 478 g/mol. The maximum atomic E-state index is 13.5. The van der Waals surface area contributed by atoms with Crippen LogP contribution in [0.2, 0.25) is 0 Å². The second-order valence-electron chi connectivity index (χ2n) is 8.02. The highest BCUT2D eigenvalue weighted by molar-refractivity contribution is 7.89. The predicted molar refractivity (Wildman–Crippen MR) is 124 cm³/mol. The summed E-state index contributed by atoms with van der Waals surface area (Å²) in [5.41, 5.74) is 1.67. The summed E-state index contributed by atoms with van der Waals surface area (Å²) in [6.07, 6.45) is 0.750. The largest absolute Gasteiger partial charge is 0.495 e. The maximum Gasteiger partial charge on any atom is 0.341 e. The van der Waals surface area contributed by atoms with Crippen LogP contribution < -0.4 is 10.1 Å². The van der Waals surface area contributed by atoms with Gasteiger partial charge in [0, 0.05) is 37.4 Å². The highest BCUT2D eigenvalue weighted by atomic mass is 32.2. The lowest BCUT2D eigenvalue weighted by molar-refractivity contribution is -0.120. The van der Waals surface area contributed by atoms with E-state index < -0.39 is 16.0 Å². The van der Waals surface area contributed by atoms with E-state index in [2.05, 4.69) is 5.32 Å². The van der Waals surface area contributed by atoms with Gasteiger partial charge in [-0.3, -0.25) is 4.79 Å². The zero-order valence-electron chi connectivity index (χ0n) is 19.7. The molecule has 0 aliphatic carbocycles. The molecular formula is C23H31N3O6S. The Kier molecular flexibility index (Phi) is 7.48. The Morgan fingerprint density at radius 1 is 1.12 bits per heavy atom. The van der Waals surface area contributed by atoms with Gasteiger partial charge in [-0.15, -0.1) is 0 Å². The van der Waals surface area contributed by atoms with E-state index in [4.69, 9.17) is 9.47 Å². The molecule has 1 aliphatic rings. The van der Waals surface area contributed by atoms with Gasteiger partial charge in [0.2, 0.25) is 15.9 Å². The van der Waals surface area contributed by atoms with Crippen LogP contribution in [-0.2, 0) is 26.6 Å².